The van der Waals surface area contributed by atoms with Crippen LogP contribution in [0.3, 0.4) is 0 Å². The van der Waals surface area contributed by atoms with Gasteiger partial charge >= 0.3 is 0 Å². The lowest BCUT2D eigenvalue weighted by atomic mass is 9.61. The molecule has 0 aliphatic heterocycles. The topological polar surface area (TPSA) is 60.7 Å². The van der Waals surface area contributed by atoms with Gasteiger partial charge in [0, 0.05) is 0 Å². The fraction of sp³-hybridized carbons (Fsp3) is 0.692. The van der Waals surface area contributed by atoms with E-state index in [9.17, 15) is 15.3 Å². The number of aliphatic hydroxyl groups is 3. The molecule has 3 N–H and O–H groups in total. The van der Waals surface area contributed by atoms with Crippen LogP contribution in [0.5, 0.6) is 0 Å². The Hall–Kier alpha value is -1.16. The fourth-order valence-electron chi connectivity index (χ4n) is 6.19. The molecule has 0 aromatic rings. The number of aliphatic hydroxyl groups excluding tert-OH is 3. The molecule has 29 heavy (non-hydrogen) atoms. The second kappa shape index (κ2) is 9.32. The summed E-state index contributed by atoms with van der Waals surface area (Å²) in [5.41, 5.74) is 3.58. The van der Waals surface area contributed by atoms with Crippen LogP contribution in [0.4, 0.5) is 0 Å². The van der Waals surface area contributed by atoms with Gasteiger partial charge in [-0.15, -0.1) is 0 Å². The Kier molecular flexibility index (Phi) is 7.24. The molecule has 0 aromatic heterocycles. The molecule has 1 unspecified atom stereocenters. The highest BCUT2D eigenvalue weighted by Gasteiger charge is 2.50. The van der Waals surface area contributed by atoms with E-state index in [2.05, 4.69) is 44.7 Å². The van der Waals surface area contributed by atoms with E-state index in [0.717, 1.165) is 12.0 Å². The van der Waals surface area contributed by atoms with Gasteiger partial charge in [0.2, 0.25) is 0 Å². The van der Waals surface area contributed by atoms with Gasteiger partial charge in [-0.1, -0.05) is 55.9 Å². The molecule has 0 aromatic carbocycles. The molecule has 0 saturated heterocycles. The fourth-order valence-corrected chi connectivity index (χ4v) is 6.19. The second-order valence-electron chi connectivity index (χ2n) is 10.0. The lowest BCUT2D eigenvalue weighted by Gasteiger charge is -2.44. The maximum Gasteiger partial charge on any atom is 0.0809 e. The van der Waals surface area contributed by atoms with Crippen LogP contribution in [-0.4, -0.2) is 33.6 Å². The summed E-state index contributed by atoms with van der Waals surface area (Å²) in [6, 6.07) is 0. The van der Waals surface area contributed by atoms with Crippen molar-refractivity contribution in [1.82, 2.24) is 0 Å². The summed E-state index contributed by atoms with van der Waals surface area (Å²) >= 11 is 0. The van der Waals surface area contributed by atoms with Crippen LogP contribution in [0.1, 0.15) is 72.1 Å². The standard InChI is InChI=1S/C26H40O3/c1-17(7-5-8-18(2)27)22-12-13-23-21(9-6-14-26(22,23)4)11-10-20-15-24(28)19(3)25(29)16-20/h5,7,10-11,17-18,22-25,27-29H,3,6,8-9,12-16H2,1-2,4H3/b7-5+,21-11-/t17-,18+,22?,23-,24+,25+,26+/m0/s1. The Balaban J connectivity index is 1.72. The van der Waals surface area contributed by atoms with E-state index in [1.807, 2.05) is 6.92 Å². The van der Waals surface area contributed by atoms with Gasteiger partial charge < -0.3 is 15.3 Å². The molecule has 3 nitrogen and oxygen atoms in total. The maximum atomic E-state index is 10.1. The van der Waals surface area contributed by atoms with Crippen molar-refractivity contribution in [3.63, 3.8) is 0 Å². The van der Waals surface area contributed by atoms with Crippen molar-refractivity contribution in [2.45, 2.75) is 90.4 Å². The van der Waals surface area contributed by atoms with E-state index in [1.165, 1.54) is 32.1 Å². The first-order valence-electron chi connectivity index (χ1n) is 11.5. The molecule has 0 bridgehead atoms. The number of allylic oxidation sites excluding steroid dienone is 4. The van der Waals surface area contributed by atoms with Crippen LogP contribution in [0, 0.1) is 23.2 Å². The Morgan fingerprint density at radius 2 is 1.83 bits per heavy atom. The van der Waals surface area contributed by atoms with Crippen LogP contribution >= 0.6 is 0 Å². The summed E-state index contributed by atoms with van der Waals surface area (Å²) in [4.78, 5) is 0. The van der Waals surface area contributed by atoms with Crippen LogP contribution in [0.25, 0.3) is 0 Å². The summed E-state index contributed by atoms with van der Waals surface area (Å²) in [6.45, 7) is 10.5. The van der Waals surface area contributed by atoms with Crippen LogP contribution in [0.2, 0.25) is 0 Å². The predicted octanol–water partition coefficient (Wildman–Crippen LogP) is 5.09. The summed E-state index contributed by atoms with van der Waals surface area (Å²) in [5.74, 6) is 1.87. The van der Waals surface area contributed by atoms with Gasteiger partial charge in [-0.25, -0.2) is 0 Å². The quantitative estimate of drug-likeness (QED) is 0.563. The van der Waals surface area contributed by atoms with Crippen molar-refractivity contribution in [3.8, 4) is 0 Å². The van der Waals surface area contributed by atoms with Gasteiger partial charge in [0.1, 0.15) is 0 Å². The van der Waals surface area contributed by atoms with E-state index >= 15 is 0 Å². The molecule has 162 valence electrons. The highest BCUT2D eigenvalue weighted by Crippen LogP contribution is 2.59. The molecule has 0 heterocycles. The highest BCUT2D eigenvalue weighted by molar-refractivity contribution is 5.29. The average molecular weight is 401 g/mol. The van der Waals surface area contributed by atoms with Gasteiger partial charge in [0.15, 0.2) is 0 Å². The van der Waals surface area contributed by atoms with Gasteiger partial charge in [-0.3, -0.25) is 0 Å². The summed E-state index contributed by atoms with van der Waals surface area (Å²) < 4.78 is 0. The Bertz CT molecular complexity index is 670. The van der Waals surface area contributed by atoms with Crippen molar-refractivity contribution in [3.05, 3.63) is 47.6 Å². The molecule has 3 aliphatic rings. The van der Waals surface area contributed by atoms with Crippen molar-refractivity contribution in [1.29, 1.82) is 0 Å². The molecule has 3 heteroatoms. The average Bonchev–Trinajstić information content (AvgIpc) is 3.01. The monoisotopic (exact) mass is 400 g/mol. The third-order valence-electron chi connectivity index (χ3n) is 7.89. The van der Waals surface area contributed by atoms with E-state index in [1.54, 1.807) is 5.57 Å². The molecule has 3 saturated carbocycles. The highest BCUT2D eigenvalue weighted by atomic mass is 16.3. The number of hydrogen-bond acceptors (Lipinski definition) is 3. The predicted molar refractivity (Wildman–Crippen MR) is 119 cm³/mol. The van der Waals surface area contributed by atoms with Crippen LogP contribution < -0.4 is 0 Å². The largest absolute Gasteiger partial charge is 0.393 e. The second-order valence-corrected chi connectivity index (χ2v) is 10.0. The van der Waals surface area contributed by atoms with Crippen LogP contribution in [-0.2, 0) is 0 Å². The Morgan fingerprint density at radius 3 is 2.48 bits per heavy atom. The first-order chi connectivity index (χ1) is 13.7. The third-order valence-corrected chi connectivity index (χ3v) is 7.89. The molecule has 3 rings (SSSR count). The van der Waals surface area contributed by atoms with Crippen LogP contribution in [0.15, 0.2) is 47.6 Å². The zero-order chi connectivity index (χ0) is 21.2. The van der Waals surface area contributed by atoms with E-state index < -0.39 is 12.2 Å². The molecular formula is C26H40O3. The molecule has 0 radical (unpaired) electrons. The van der Waals surface area contributed by atoms with Gasteiger partial charge in [0.05, 0.1) is 18.3 Å². The molecule has 7 atom stereocenters. The van der Waals surface area contributed by atoms with Crippen molar-refractivity contribution < 1.29 is 15.3 Å². The normalized spacial score (nSPS) is 39.0. The van der Waals surface area contributed by atoms with E-state index in [-0.39, 0.29) is 6.10 Å². The molecule has 3 aliphatic carbocycles. The zero-order valence-electron chi connectivity index (χ0n) is 18.5. The summed E-state index contributed by atoms with van der Waals surface area (Å²) in [6.07, 6.45) is 15.6. The van der Waals surface area contributed by atoms with Crippen molar-refractivity contribution in [2.24, 2.45) is 23.2 Å². The van der Waals surface area contributed by atoms with Gasteiger partial charge in [-0.2, -0.15) is 0 Å². The maximum absolute atomic E-state index is 10.1. The minimum Gasteiger partial charge on any atom is -0.393 e. The molecule has 3 fully saturated rings. The number of fused-ring (bicyclic) bond motifs is 1. The SMILES string of the molecule is C=C1[C@H](O)CC(=C/C=C2/CCC[C@]3(C)C([C@@H](C)/C=C/C[C@@H](C)O)CC[C@@H]23)C[C@H]1O. The van der Waals surface area contributed by atoms with Gasteiger partial charge in [0.25, 0.3) is 0 Å². The Labute approximate surface area is 176 Å². The van der Waals surface area contributed by atoms with E-state index in [4.69, 9.17) is 0 Å². The lowest BCUT2D eigenvalue weighted by molar-refractivity contribution is 0.112. The Morgan fingerprint density at radius 1 is 1.14 bits per heavy atom. The molecular weight excluding hydrogens is 360 g/mol. The van der Waals surface area contributed by atoms with E-state index in [0.29, 0.717) is 41.6 Å². The zero-order valence-corrected chi connectivity index (χ0v) is 18.5. The van der Waals surface area contributed by atoms with Crippen molar-refractivity contribution >= 4 is 0 Å². The lowest BCUT2D eigenvalue weighted by Crippen LogP contribution is -2.35. The summed E-state index contributed by atoms with van der Waals surface area (Å²) in [5, 5.41) is 29.7. The van der Waals surface area contributed by atoms with Crippen molar-refractivity contribution in [2.75, 3.05) is 0 Å². The third kappa shape index (κ3) is 4.95. The first kappa shape index (κ1) is 22.5. The van der Waals surface area contributed by atoms with Gasteiger partial charge in [-0.05, 0) is 87.0 Å². The molecule has 0 spiro atoms. The number of rotatable bonds is 5. The minimum atomic E-state index is -0.620. The first-order valence-corrected chi connectivity index (χ1v) is 11.5. The molecule has 0 amide bonds. The smallest absolute Gasteiger partial charge is 0.0809 e. The minimum absolute atomic E-state index is 0.267. The number of hydrogen-bond donors (Lipinski definition) is 3. The summed E-state index contributed by atoms with van der Waals surface area (Å²) in [7, 11) is 0.